The van der Waals surface area contributed by atoms with Gasteiger partial charge in [-0.2, -0.15) is 0 Å². The first-order valence-electron chi connectivity index (χ1n) is 4.52. The van der Waals surface area contributed by atoms with Crippen LogP contribution in [0, 0.1) is 5.92 Å². The van der Waals surface area contributed by atoms with Gasteiger partial charge in [0.15, 0.2) is 0 Å². The van der Waals surface area contributed by atoms with Crippen LogP contribution in [-0.2, 0) is 0 Å². The third-order valence-corrected chi connectivity index (χ3v) is 2.31. The van der Waals surface area contributed by atoms with Crippen LogP contribution in [0.25, 0.3) is 0 Å². The molecule has 0 aliphatic heterocycles. The Hall–Kier alpha value is -0.0400. The molecule has 1 aliphatic carbocycles. The molecule has 60 valence electrons. The SMILES string of the molecule is CCCCCCC1CC1O. The van der Waals surface area contributed by atoms with E-state index in [1.54, 1.807) is 0 Å². The summed E-state index contributed by atoms with van der Waals surface area (Å²) < 4.78 is 0. The van der Waals surface area contributed by atoms with E-state index >= 15 is 0 Å². The molecule has 0 radical (unpaired) electrons. The van der Waals surface area contributed by atoms with Gasteiger partial charge in [0.05, 0.1) is 6.10 Å². The third kappa shape index (κ3) is 2.70. The molecule has 1 rings (SSSR count). The van der Waals surface area contributed by atoms with Gasteiger partial charge in [-0.25, -0.2) is 0 Å². The Kier molecular flexibility index (Phi) is 3.20. The van der Waals surface area contributed by atoms with Crippen molar-refractivity contribution in [3.63, 3.8) is 0 Å². The van der Waals surface area contributed by atoms with Crippen molar-refractivity contribution in [1.82, 2.24) is 0 Å². The number of hydrogen-bond donors (Lipinski definition) is 1. The second-order valence-corrected chi connectivity index (χ2v) is 3.41. The van der Waals surface area contributed by atoms with Crippen LogP contribution in [0.1, 0.15) is 45.4 Å². The summed E-state index contributed by atoms with van der Waals surface area (Å²) in [5.41, 5.74) is 0. The summed E-state index contributed by atoms with van der Waals surface area (Å²) in [6, 6.07) is 0. The van der Waals surface area contributed by atoms with Crippen LogP contribution >= 0.6 is 0 Å². The van der Waals surface area contributed by atoms with Gasteiger partial charge in [0, 0.05) is 0 Å². The first kappa shape index (κ1) is 8.06. The molecular weight excluding hydrogens is 124 g/mol. The molecule has 0 spiro atoms. The molecule has 0 amide bonds. The molecule has 10 heavy (non-hydrogen) atoms. The fourth-order valence-electron chi connectivity index (χ4n) is 1.38. The first-order valence-corrected chi connectivity index (χ1v) is 4.52. The van der Waals surface area contributed by atoms with Crippen LogP contribution in [0.2, 0.25) is 0 Å². The van der Waals surface area contributed by atoms with Gasteiger partial charge in [-0.1, -0.05) is 32.6 Å². The molecule has 2 atom stereocenters. The van der Waals surface area contributed by atoms with Gasteiger partial charge in [0.25, 0.3) is 0 Å². The Labute approximate surface area is 63.4 Å². The molecule has 0 saturated heterocycles. The van der Waals surface area contributed by atoms with Crippen molar-refractivity contribution >= 4 is 0 Å². The zero-order valence-corrected chi connectivity index (χ0v) is 6.84. The number of aliphatic hydroxyl groups is 1. The van der Waals surface area contributed by atoms with Gasteiger partial charge in [-0.15, -0.1) is 0 Å². The van der Waals surface area contributed by atoms with E-state index in [0.717, 1.165) is 6.42 Å². The summed E-state index contributed by atoms with van der Waals surface area (Å²) in [7, 11) is 0. The highest BCUT2D eigenvalue weighted by atomic mass is 16.3. The fourth-order valence-corrected chi connectivity index (χ4v) is 1.38. The summed E-state index contributed by atoms with van der Waals surface area (Å²) in [5.74, 6) is 0.678. The van der Waals surface area contributed by atoms with Crippen LogP contribution < -0.4 is 0 Å². The van der Waals surface area contributed by atoms with Gasteiger partial charge in [0.2, 0.25) is 0 Å². The van der Waals surface area contributed by atoms with Crippen molar-refractivity contribution < 1.29 is 5.11 Å². The van der Waals surface area contributed by atoms with Gasteiger partial charge in [-0.05, 0) is 18.8 Å². The highest BCUT2D eigenvalue weighted by molar-refractivity contribution is 4.85. The summed E-state index contributed by atoms with van der Waals surface area (Å²) in [6.07, 6.45) is 7.78. The lowest BCUT2D eigenvalue weighted by Crippen LogP contribution is -1.85. The Balaban J connectivity index is 1.78. The molecule has 0 aromatic rings. The highest BCUT2D eigenvalue weighted by Gasteiger charge is 2.33. The molecule has 1 nitrogen and oxygen atoms in total. The zero-order chi connectivity index (χ0) is 7.40. The number of hydrogen-bond acceptors (Lipinski definition) is 1. The van der Waals surface area contributed by atoms with E-state index in [4.69, 9.17) is 5.11 Å². The average molecular weight is 142 g/mol. The molecule has 1 saturated carbocycles. The maximum absolute atomic E-state index is 8.98. The van der Waals surface area contributed by atoms with Crippen LogP contribution in [-0.4, -0.2) is 11.2 Å². The lowest BCUT2D eigenvalue weighted by Gasteiger charge is -1.96. The third-order valence-electron chi connectivity index (χ3n) is 2.31. The normalized spacial score (nSPS) is 30.6. The summed E-state index contributed by atoms with van der Waals surface area (Å²) in [5, 5.41) is 8.98. The van der Waals surface area contributed by atoms with Crippen molar-refractivity contribution in [3.8, 4) is 0 Å². The van der Waals surface area contributed by atoms with Crippen molar-refractivity contribution in [2.45, 2.75) is 51.6 Å². The smallest absolute Gasteiger partial charge is 0.0573 e. The van der Waals surface area contributed by atoms with E-state index in [-0.39, 0.29) is 6.10 Å². The monoisotopic (exact) mass is 142 g/mol. The molecule has 1 N–H and O–H groups in total. The Morgan fingerprint density at radius 1 is 1.30 bits per heavy atom. The lowest BCUT2D eigenvalue weighted by atomic mass is 10.1. The van der Waals surface area contributed by atoms with E-state index in [1.165, 1.54) is 32.1 Å². The minimum Gasteiger partial charge on any atom is -0.393 e. The quantitative estimate of drug-likeness (QED) is 0.584. The first-order chi connectivity index (χ1) is 4.84. The molecule has 0 heterocycles. The zero-order valence-electron chi connectivity index (χ0n) is 6.84. The Morgan fingerprint density at radius 2 is 2.00 bits per heavy atom. The van der Waals surface area contributed by atoms with Crippen LogP contribution in [0.5, 0.6) is 0 Å². The molecule has 1 fully saturated rings. The lowest BCUT2D eigenvalue weighted by molar-refractivity contribution is 0.255. The molecule has 2 unspecified atom stereocenters. The Morgan fingerprint density at radius 3 is 2.50 bits per heavy atom. The maximum Gasteiger partial charge on any atom is 0.0573 e. The van der Waals surface area contributed by atoms with E-state index in [9.17, 15) is 0 Å². The van der Waals surface area contributed by atoms with Crippen molar-refractivity contribution in [1.29, 1.82) is 0 Å². The van der Waals surface area contributed by atoms with Crippen LogP contribution in [0.3, 0.4) is 0 Å². The fraction of sp³-hybridized carbons (Fsp3) is 1.00. The van der Waals surface area contributed by atoms with Gasteiger partial charge >= 0.3 is 0 Å². The van der Waals surface area contributed by atoms with Gasteiger partial charge in [0.1, 0.15) is 0 Å². The topological polar surface area (TPSA) is 20.2 Å². The molecule has 0 bridgehead atoms. The summed E-state index contributed by atoms with van der Waals surface area (Å²) in [6.45, 7) is 2.23. The number of unbranched alkanes of at least 4 members (excludes halogenated alkanes) is 3. The Bertz CT molecular complexity index is 90.7. The van der Waals surface area contributed by atoms with E-state index in [2.05, 4.69) is 6.92 Å². The van der Waals surface area contributed by atoms with E-state index in [1.807, 2.05) is 0 Å². The maximum atomic E-state index is 8.98. The van der Waals surface area contributed by atoms with Gasteiger partial charge in [-0.3, -0.25) is 0 Å². The van der Waals surface area contributed by atoms with E-state index in [0.29, 0.717) is 5.92 Å². The van der Waals surface area contributed by atoms with E-state index < -0.39 is 0 Å². The largest absolute Gasteiger partial charge is 0.393 e. The number of rotatable bonds is 5. The second-order valence-electron chi connectivity index (χ2n) is 3.41. The standard InChI is InChI=1S/C9H18O/c1-2-3-4-5-6-8-7-9(8)10/h8-10H,2-7H2,1H3. The minimum absolute atomic E-state index is 0.0710. The highest BCUT2D eigenvalue weighted by Crippen LogP contribution is 2.34. The van der Waals surface area contributed by atoms with Crippen molar-refractivity contribution in [2.24, 2.45) is 5.92 Å². The predicted octanol–water partition coefficient (Wildman–Crippen LogP) is 2.34. The average Bonchev–Trinajstić information content (AvgIpc) is 2.60. The minimum atomic E-state index is 0.0710. The molecule has 1 heteroatoms. The van der Waals surface area contributed by atoms with Crippen LogP contribution in [0.4, 0.5) is 0 Å². The second kappa shape index (κ2) is 3.97. The molecular formula is C9H18O. The van der Waals surface area contributed by atoms with Crippen molar-refractivity contribution in [3.05, 3.63) is 0 Å². The molecule has 1 aliphatic rings. The molecule has 0 aromatic heterocycles. The van der Waals surface area contributed by atoms with Crippen molar-refractivity contribution in [2.75, 3.05) is 0 Å². The van der Waals surface area contributed by atoms with Crippen LogP contribution in [0.15, 0.2) is 0 Å². The van der Waals surface area contributed by atoms with Gasteiger partial charge < -0.3 is 5.11 Å². The molecule has 0 aromatic carbocycles. The number of aliphatic hydroxyl groups excluding tert-OH is 1. The predicted molar refractivity (Wildman–Crippen MR) is 42.9 cm³/mol. The summed E-state index contributed by atoms with van der Waals surface area (Å²) in [4.78, 5) is 0. The summed E-state index contributed by atoms with van der Waals surface area (Å²) >= 11 is 0.